The van der Waals surface area contributed by atoms with Crippen LogP contribution in [0.3, 0.4) is 0 Å². The molecule has 0 aliphatic carbocycles. The number of hydrogen-bond acceptors (Lipinski definition) is 3. The van der Waals surface area contributed by atoms with Gasteiger partial charge in [-0.3, -0.25) is 0 Å². The molecule has 1 heterocycles. The lowest BCUT2D eigenvalue weighted by Crippen LogP contribution is -2.40. The predicted molar refractivity (Wildman–Crippen MR) is 66.1 cm³/mol. The second kappa shape index (κ2) is 7.20. The summed E-state index contributed by atoms with van der Waals surface area (Å²) in [5.74, 6) is 0. The monoisotopic (exact) mass is 213 g/mol. The van der Waals surface area contributed by atoms with Crippen LogP contribution in [-0.2, 0) is 0 Å². The molecule has 3 heteroatoms. The molecule has 2 N–H and O–H groups in total. The van der Waals surface area contributed by atoms with E-state index in [0.717, 1.165) is 0 Å². The predicted octanol–water partition coefficient (Wildman–Crippen LogP) is 1.14. The third-order valence-electron chi connectivity index (χ3n) is 3.21. The molecule has 1 rings (SSSR count). The van der Waals surface area contributed by atoms with Crippen LogP contribution in [0.4, 0.5) is 0 Å². The molecule has 3 nitrogen and oxygen atoms in total. The van der Waals surface area contributed by atoms with Gasteiger partial charge in [0, 0.05) is 6.04 Å². The van der Waals surface area contributed by atoms with Gasteiger partial charge >= 0.3 is 0 Å². The third-order valence-corrected chi connectivity index (χ3v) is 3.21. The Morgan fingerprint density at radius 3 is 2.40 bits per heavy atom. The summed E-state index contributed by atoms with van der Waals surface area (Å²) in [6.45, 7) is 4.94. The Balaban J connectivity index is 1.91. The van der Waals surface area contributed by atoms with Crippen molar-refractivity contribution >= 4 is 0 Å². The van der Waals surface area contributed by atoms with Crippen molar-refractivity contribution in [3.8, 4) is 0 Å². The Hall–Kier alpha value is -0.120. The van der Waals surface area contributed by atoms with Crippen LogP contribution < -0.4 is 5.73 Å². The first-order valence-corrected chi connectivity index (χ1v) is 6.31. The quantitative estimate of drug-likeness (QED) is 0.672. The van der Waals surface area contributed by atoms with Crippen LogP contribution >= 0.6 is 0 Å². The second-order valence-corrected chi connectivity index (χ2v) is 5.04. The molecule has 0 atom stereocenters. The minimum absolute atomic E-state index is 0.468. The number of nitrogens with zero attached hydrogens (tertiary/aromatic N) is 2. The number of rotatable bonds is 6. The molecule has 0 aromatic carbocycles. The molecular formula is C12H27N3. The van der Waals surface area contributed by atoms with Crippen molar-refractivity contribution in [3.05, 3.63) is 0 Å². The van der Waals surface area contributed by atoms with Gasteiger partial charge in [0.15, 0.2) is 0 Å². The molecule has 1 fully saturated rings. The zero-order chi connectivity index (χ0) is 11.1. The highest BCUT2D eigenvalue weighted by atomic mass is 15.1. The maximum Gasteiger partial charge on any atom is 0.00631 e. The van der Waals surface area contributed by atoms with E-state index in [4.69, 9.17) is 5.73 Å². The molecule has 0 radical (unpaired) electrons. The van der Waals surface area contributed by atoms with Crippen LogP contribution in [0.1, 0.15) is 32.1 Å². The lowest BCUT2D eigenvalue weighted by Gasteiger charge is -2.29. The van der Waals surface area contributed by atoms with Gasteiger partial charge < -0.3 is 15.5 Å². The number of unbranched alkanes of at least 4 members (excludes halogenated alkanes) is 2. The van der Waals surface area contributed by atoms with Crippen LogP contribution in [0.2, 0.25) is 0 Å². The lowest BCUT2D eigenvalue weighted by atomic mass is 10.1. The molecule has 15 heavy (non-hydrogen) atoms. The number of piperidine rings is 1. The highest BCUT2D eigenvalue weighted by Crippen LogP contribution is 2.09. The Morgan fingerprint density at radius 2 is 1.80 bits per heavy atom. The molecule has 0 amide bonds. The van der Waals surface area contributed by atoms with Gasteiger partial charge in [0.05, 0.1) is 0 Å². The van der Waals surface area contributed by atoms with Gasteiger partial charge in [0.25, 0.3) is 0 Å². The van der Waals surface area contributed by atoms with Gasteiger partial charge in [-0.05, 0) is 66.0 Å². The van der Waals surface area contributed by atoms with E-state index in [-0.39, 0.29) is 0 Å². The van der Waals surface area contributed by atoms with E-state index in [2.05, 4.69) is 23.9 Å². The van der Waals surface area contributed by atoms with Crippen molar-refractivity contribution in [2.24, 2.45) is 5.73 Å². The third kappa shape index (κ3) is 6.13. The summed E-state index contributed by atoms with van der Waals surface area (Å²) in [7, 11) is 4.29. The zero-order valence-electron chi connectivity index (χ0n) is 10.4. The van der Waals surface area contributed by atoms with Crippen LogP contribution in [0.5, 0.6) is 0 Å². The van der Waals surface area contributed by atoms with Crippen molar-refractivity contribution in [1.29, 1.82) is 0 Å². The molecule has 0 unspecified atom stereocenters. The summed E-state index contributed by atoms with van der Waals surface area (Å²) >= 11 is 0. The average molecular weight is 213 g/mol. The van der Waals surface area contributed by atoms with Gasteiger partial charge in [0.1, 0.15) is 0 Å². The highest BCUT2D eigenvalue weighted by molar-refractivity contribution is 4.73. The molecule has 90 valence electrons. The van der Waals surface area contributed by atoms with Crippen molar-refractivity contribution < 1.29 is 0 Å². The van der Waals surface area contributed by atoms with Crippen LogP contribution in [-0.4, -0.2) is 56.1 Å². The molecule has 0 bridgehead atoms. The molecule has 0 aromatic heterocycles. The highest BCUT2D eigenvalue weighted by Gasteiger charge is 2.14. The molecule has 0 saturated carbocycles. The number of likely N-dealkylation sites (tertiary alicyclic amines) is 1. The number of nitrogens with two attached hydrogens (primary N) is 1. The van der Waals surface area contributed by atoms with Crippen LogP contribution in [0.15, 0.2) is 0 Å². The molecule has 0 aromatic rings. The molecule has 1 saturated heterocycles. The summed E-state index contributed by atoms with van der Waals surface area (Å²) in [6, 6.07) is 0.468. The van der Waals surface area contributed by atoms with E-state index >= 15 is 0 Å². The van der Waals surface area contributed by atoms with E-state index in [1.807, 2.05) is 0 Å². The zero-order valence-corrected chi connectivity index (χ0v) is 10.4. The van der Waals surface area contributed by atoms with Gasteiger partial charge in [-0.15, -0.1) is 0 Å². The Bertz CT molecular complexity index is 151. The van der Waals surface area contributed by atoms with E-state index in [0.29, 0.717) is 6.04 Å². The van der Waals surface area contributed by atoms with Gasteiger partial charge in [0.2, 0.25) is 0 Å². The maximum atomic E-state index is 5.87. The molecule has 1 aliphatic heterocycles. The fourth-order valence-electron chi connectivity index (χ4n) is 2.12. The first-order chi connectivity index (χ1) is 7.18. The smallest absolute Gasteiger partial charge is 0.00631 e. The molecular weight excluding hydrogens is 186 g/mol. The summed E-state index contributed by atoms with van der Waals surface area (Å²) in [5, 5.41) is 0. The van der Waals surface area contributed by atoms with Crippen molar-refractivity contribution in [2.45, 2.75) is 38.1 Å². The lowest BCUT2D eigenvalue weighted by molar-refractivity contribution is 0.208. The van der Waals surface area contributed by atoms with Crippen LogP contribution in [0, 0.1) is 0 Å². The average Bonchev–Trinajstić information content (AvgIpc) is 2.20. The fourth-order valence-corrected chi connectivity index (χ4v) is 2.12. The van der Waals surface area contributed by atoms with Crippen molar-refractivity contribution in [3.63, 3.8) is 0 Å². The minimum Gasteiger partial charge on any atom is -0.328 e. The molecule has 1 aliphatic rings. The Labute approximate surface area is 94.6 Å². The summed E-state index contributed by atoms with van der Waals surface area (Å²) in [5.41, 5.74) is 5.87. The Kier molecular flexibility index (Phi) is 6.22. The van der Waals surface area contributed by atoms with E-state index < -0.39 is 0 Å². The number of hydrogen-bond donors (Lipinski definition) is 1. The van der Waals surface area contributed by atoms with Gasteiger partial charge in [-0.2, -0.15) is 0 Å². The Morgan fingerprint density at radius 1 is 1.13 bits per heavy atom. The van der Waals surface area contributed by atoms with E-state index in [9.17, 15) is 0 Å². The summed E-state index contributed by atoms with van der Waals surface area (Å²) in [4.78, 5) is 4.83. The first kappa shape index (κ1) is 12.9. The normalized spacial score (nSPS) is 20.0. The van der Waals surface area contributed by atoms with Gasteiger partial charge in [-0.1, -0.05) is 6.42 Å². The standard InChI is InChI=1S/C12H27N3/c1-14(2)8-4-3-5-9-15-10-6-12(13)7-11-15/h12H,3-11,13H2,1-2H3. The van der Waals surface area contributed by atoms with Crippen molar-refractivity contribution in [1.82, 2.24) is 9.80 Å². The van der Waals surface area contributed by atoms with E-state index in [1.165, 1.54) is 58.3 Å². The topological polar surface area (TPSA) is 32.5 Å². The van der Waals surface area contributed by atoms with Crippen LogP contribution in [0.25, 0.3) is 0 Å². The van der Waals surface area contributed by atoms with Gasteiger partial charge in [-0.25, -0.2) is 0 Å². The largest absolute Gasteiger partial charge is 0.328 e. The van der Waals surface area contributed by atoms with Crippen molar-refractivity contribution in [2.75, 3.05) is 40.3 Å². The minimum atomic E-state index is 0.468. The summed E-state index contributed by atoms with van der Waals surface area (Å²) < 4.78 is 0. The van der Waals surface area contributed by atoms with E-state index in [1.54, 1.807) is 0 Å². The maximum absolute atomic E-state index is 5.87. The fraction of sp³-hybridized carbons (Fsp3) is 1.00. The second-order valence-electron chi connectivity index (χ2n) is 5.04. The SMILES string of the molecule is CN(C)CCCCCN1CCC(N)CC1. The molecule has 0 spiro atoms. The first-order valence-electron chi connectivity index (χ1n) is 6.31. The summed E-state index contributed by atoms with van der Waals surface area (Å²) in [6.07, 6.45) is 6.43.